The van der Waals surface area contributed by atoms with Gasteiger partial charge in [0.1, 0.15) is 17.5 Å². The second-order valence-electron chi connectivity index (χ2n) is 5.90. The highest BCUT2D eigenvalue weighted by molar-refractivity contribution is 6.32. The topological polar surface area (TPSA) is 56.8 Å². The molecule has 0 saturated carbocycles. The van der Waals surface area contributed by atoms with Gasteiger partial charge in [0.2, 0.25) is 0 Å². The Bertz CT molecular complexity index is 530. The Morgan fingerprint density at radius 3 is 2.62 bits per heavy atom. The van der Waals surface area contributed by atoms with E-state index in [-0.39, 0.29) is 12.0 Å². The Morgan fingerprint density at radius 2 is 2.08 bits per heavy atom. The Hall–Kier alpha value is -1.30. The van der Waals surface area contributed by atoms with Crippen molar-refractivity contribution in [3.05, 3.63) is 23.2 Å². The number of ether oxygens (including phenoxy) is 3. The molecule has 1 aromatic carbocycles. The lowest BCUT2D eigenvalue weighted by Crippen LogP contribution is -2.42. The maximum atomic E-state index is 12.5. The van der Waals surface area contributed by atoms with E-state index in [1.54, 1.807) is 32.2 Å². The molecule has 2 atom stereocenters. The van der Waals surface area contributed by atoms with Gasteiger partial charge in [0.05, 0.1) is 11.6 Å². The molecule has 1 amide bonds. The molecule has 0 aliphatic rings. The van der Waals surface area contributed by atoms with E-state index < -0.39 is 5.60 Å². The normalized spacial score (nSPS) is 14.8. The van der Waals surface area contributed by atoms with Gasteiger partial charge in [0, 0.05) is 19.4 Å². The van der Waals surface area contributed by atoms with Crippen LogP contribution in [0, 0.1) is 0 Å². The molecule has 6 heteroatoms. The van der Waals surface area contributed by atoms with E-state index in [2.05, 4.69) is 5.32 Å². The maximum Gasteiger partial charge on any atom is 0.256 e. The van der Waals surface area contributed by atoms with Crippen LogP contribution in [0.1, 0.15) is 40.5 Å². The Morgan fingerprint density at radius 1 is 1.38 bits per heavy atom. The molecule has 1 rings (SSSR count). The number of anilines is 1. The fraction of sp³-hybridized carbons (Fsp3) is 0.611. The first-order chi connectivity index (χ1) is 11.4. The standard InChI is InChI=1S/C18H28ClNO4/c1-6-10-18(4,23-7-2)17(21)20-14-8-9-16(15(19)11-14)24-13(3)12-22-5/h8-9,11,13H,6-7,10,12H2,1-5H3,(H,20,21)/t13-,18+/m1/s1. The highest BCUT2D eigenvalue weighted by Gasteiger charge is 2.33. The van der Waals surface area contributed by atoms with Crippen molar-refractivity contribution in [3.63, 3.8) is 0 Å². The van der Waals surface area contributed by atoms with Crippen LogP contribution in [0.2, 0.25) is 5.02 Å². The second-order valence-corrected chi connectivity index (χ2v) is 6.30. The molecule has 0 saturated heterocycles. The summed E-state index contributed by atoms with van der Waals surface area (Å²) in [4.78, 5) is 12.5. The quantitative estimate of drug-likeness (QED) is 0.678. The number of methoxy groups -OCH3 is 1. The van der Waals surface area contributed by atoms with Crippen molar-refractivity contribution in [1.82, 2.24) is 0 Å². The van der Waals surface area contributed by atoms with Gasteiger partial charge in [-0.05, 0) is 45.4 Å². The van der Waals surface area contributed by atoms with E-state index in [4.69, 9.17) is 25.8 Å². The third-order valence-electron chi connectivity index (χ3n) is 3.59. The van der Waals surface area contributed by atoms with Crippen molar-refractivity contribution in [1.29, 1.82) is 0 Å². The maximum absolute atomic E-state index is 12.5. The van der Waals surface area contributed by atoms with Gasteiger partial charge in [-0.3, -0.25) is 4.79 Å². The minimum Gasteiger partial charge on any atom is -0.487 e. The number of rotatable bonds is 10. The number of nitrogens with one attached hydrogen (secondary N) is 1. The zero-order chi connectivity index (χ0) is 18.2. The molecule has 24 heavy (non-hydrogen) atoms. The fourth-order valence-corrected chi connectivity index (χ4v) is 2.69. The average Bonchev–Trinajstić information content (AvgIpc) is 2.50. The molecule has 1 aromatic rings. The van der Waals surface area contributed by atoms with Crippen LogP contribution in [0.25, 0.3) is 0 Å². The van der Waals surface area contributed by atoms with Crippen LogP contribution in [0.4, 0.5) is 5.69 Å². The third-order valence-corrected chi connectivity index (χ3v) is 3.88. The Balaban J connectivity index is 2.81. The number of halogens is 1. The summed E-state index contributed by atoms with van der Waals surface area (Å²) in [6.07, 6.45) is 1.39. The van der Waals surface area contributed by atoms with Gasteiger partial charge in [-0.15, -0.1) is 0 Å². The van der Waals surface area contributed by atoms with Gasteiger partial charge in [0.15, 0.2) is 0 Å². The predicted molar refractivity (Wildman–Crippen MR) is 97.0 cm³/mol. The van der Waals surface area contributed by atoms with Crippen molar-refractivity contribution < 1.29 is 19.0 Å². The summed E-state index contributed by atoms with van der Waals surface area (Å²) >= 11 is 6.25. The van der Waals surface area contributed by atoms with Crippen LogP contribution < -0.4 is 10.1 Å². The Kier molecular flexibility index (Phi) is 8.53. The zero-order valence-electron chi connectivity index (χ0n) is 15.1. The molecule has 0 fully saturated rings. The van der Waals surface area contributed by atoms with Crippen molar-refractivity contribution in [2.45, 2.75) is 52.2 Å². The third kappa shape index (κ3) is 5.96. The fourth-order valence-electron chi connectivity index (χ4n) is 2.47. The Labute approximate surface area is 149 Å². The minimum atomic E-state index is -0.849. The molecule has 0 unspecified atom stereocenters. The van der Waals surface area contributed by atoms with E-state index >= 15 is 0 Å². The van der Waals surface area contributed by atoms with Crippen LogP contribution in [0.5, 0.6) is 5.75 Å². The van der Waals surface area contributed by atoms with Gasteiger partial charge >= 0.3 is 0 Å². The van der Waals surface area contributed by atoms with Gasteiger partial charge < -0.3 is 19.5 Å². The van der Waals surface area contributed by atoms with Crippen LogP contribution in [0.3, 0.4) is 0 Å². The summed E-state index contributed by atoms with van der Waals surface area (Å²) in [5, 5.41) is 3.30. The highest BCUT2D eigenvalue weighted by atomic mass is 35.5. The summed E-state index contributed by atoms with van der Waals surface area (Å²) in [7, 11) is 1.62. The van der Waals surface area contributed by atoms with Gasteiger partial charge in [-0.25, -0.2) is 0 Å². The van der Waals surface area contributed by atoms with E-state index in [0.29, 0.717) is 36.1 Å². The molecule has 5 nitrogen and oxygen atoms in total. The summed E-state index contributed by atoms with van der Waals surface area (Å²) < 4.78 is 16.4. The molecular formula is C18H28ClNO4. The van der Waals surface area contributed by atoms with Crippen LogP contribution >= 0.6 is 11.6 Å². The zero-order valence-corrected chi connectivity index (χ0v) is 15.9. The van der Waals surface area contributed by atoms with Crippen molar-refractivity contribution >= 4 is 23.2 Å². The summed E-state index contributed by atoms with van der Waals surface area (Å²) in [5.74, 6) is 0.379. The SMILES string of the molecule is CCC[C@](C)(OCC)C(=O)Nc1ccc(O[C@H](C)COC)c(Cl)c1. The average molecular weight is 358 g/mol. The van der Waals surface area contributed by atoms with Crippen molar-refractivity contribution in [3.8, 4) is 5.75 Å². The smallest absolute Gasteiger partial charge is 0.256 e. The number of amides is 1. The second kappa shape index (κ2) is 9.87. The van der Waals surface area contributed by atoms with Gasteiger partial charge in [-0.1, -0.05) is 24.9 Å². The van der Waals surface area contributed by atoms with Crippen LogP contribution in [-0.4, -0.2) is 37.9 Å². The lowest BCUT2D eigenvalue weighted by Gasteiger charge is -2.28. The van der Waals surface area contributed by atoms with E-state index in [1.165, 1.54) is 0 Å². The first-order valence-corrected chi connectivity index (χ1v) is 8.64. The largest absolute Gasteiger partial charge is 0.487 e. The molecule has 0 heterocycles. The summed E-state index contributed by atoms with van der Waals surface area (Å²) in [5.41, 5.74) is -0.239. The molecule has 0 bridgehead atoms. The molecule has 0 aromatic heterocycles. The number of carbonyl (C=O) groups excluding carboxylic acids is 1. The minimum absolute atomic E-state index is 0.112. The van der Waals surface area contributed by atoms with Crippen molar-refractivity contribution in [2.24, 2.45) is 0 Å². The molecule has 0 aliphatic heterocycles. The van der Waals surface area contributed by atoms with Crippen LogP contribution in [-0.2, 0) is 14.3 Å². The van der Waals surface area contributed by atoms with Crippen LogP contribution in [0.15, 0.2) is 18.2 Å². The van der Waals surface area contributed by atoms with E-state index in [0.717, 1.165) is 6.42 Å². The summed E-state index contributed by atoms with van der Waals surface area (Å²) in [6.45, 7) is 8.56. The number of hydrogen-bond donors (Lipinski definition) is 1. The predicted octanol–water partition coefficient (Wildman–Crippen LogP) is 4.29. The number of benzene rings is 1. The first-order valence-electron chi connectivity index (χ1n) is 8.26. The van der Waals surface area contributed by atoms with E-state index in [9.17, 15) is 4.79 Å². The highest BCUT2D eigenvalue weighted by Crippen LogP contribution is 2.29. The molecule has 1 N–H and O–H groups in total. The molecular weight excluding hydrogens is 330 g/mol. The lowest BCUT2D eigenvalue weighted by atomic mass is 9.99. The molecule has 0 aliphatic carbocycles. The molecule has 0 spiro atoms. The number of hydrogen-bond acceptors (Lipinski definition) is 4. The van der Waals surface area contributed by atoms with E-state index in [1.807, 2.05) is 20.8 Å². The number of carbonyl (C=O) groups is 1. The van der Waals surface area contributed by atoms with Gasteiger partial charge in [0.25, 0.3) is 5.91 Å². The molecule has 0 radical (unpaired) electrons. The van der Waals surface area contributed by atoms with Gasteiger partial charge in [-0.2, -0.15) is 0 Å². The molecule has 136 valence electrons. The monoisotopic (exact) mass is 357 g/mol. The first kappa shape index (κ1) is 20.7. The lowest BCUT2D eigenvalue weighted by molar-refractivity contribution is -0.139. The van der Waals surface area contributed by atoms with Crippen molar-refractivity contribution in [2.75, 3.05) is 25.6 Å². The summed E-state index contributed by atoms with van der Waals surface area (Å²) in [6, 6.07) is 5.17.